The average Bonchev–Trinajstić information content (AvgIpc) is 2.47. The average molecular weight is 253 g/mol. The molecular formula is C17H19NO. The summed E-state index contributed by atoms with van der Waals surface area (Å²) >= 11 is 0. The largest absolute Gasteiger partial charge is 0.294 e. The molecule has 2 heteroatoms. The Labute approximate surface area is 114 Å². The Morgan fingerprint density at radius 3 is 1.74 bits per heavy atom. The number of hydrogen-bond donors (Lipinski definition) is 0. The monoisotopic (exact) mass is 253 g/mol. The fraction of sp³-hybridized carbons (Fsp3) is 0.176. The maximum atomic E-state index is 5.71. The Kier molecular flexibility index (Phi) is 5.35. The SMILES string of the molecule is C=CCON(Cc1ccccc1)Cc1ccccc1. The van der Waals surface area contributed by atoms with Gasteiger partial charge in [0, 0.05) is 13.1 Å². The third-order valence-electron chi connectivity index (χ3n) is 2.78. The van der Waals surface area contributed by atoms with Gasteiger partial charge in [-0.2, -0.15) is 5.06 Å². The van der Waals surface area contributed by atoms with Gasteiger partial charge in [0.2, 0.25) is 0 Å². The van der Waals surface area contributed by atoms with Gasteiger partial charge in [-0.15, -0.1) is 6.58 Å². The minimum atomic E-state index is 0.527. The van der Waals surface area contributed by atoms with E-state index in [-0.39, 0.29) is 0 Å². The Morgan fingerprint density at radius 2 is 1.32 bits per heavy atom. The zero-order chi connectivity index (χ0) is 13.3. The van der Waals surface area contributed by atoms with Crippen LogP contribution in [0.5, 0.6) is 0 Å². The number of hydrogen-bond acceptors (Lipinski definition) is 2. The van der Waals surface area contributed by atoms with E-state index in [1.54, 1.807) is 6.08 Å². The van der Waals surface area contributed by atoms with E-state index in [4.69, 9.17) is 4.84 Å². The first-order valence-corrected chi connectivity index (χ1v) is 6.45. The zero-order valence-electron chi connectivity index (χ0n) is 11.0. The van der Waals surface area contributed by atoms with Gasteiger partial charge in [0.15, 0.2) is 0 Å². The van der Waals surface area contributed by atoms with Crippen LogP contribution >= 0.6 is 0 Å². The second kappa shape index (κ2) is 7.52. The summed E-state index contributed by atoms with van der Waals surface area (Å²) < 4.78 is 0. The Morgan fingerprint density at radius 1 is 0.842 bits per heavy atom. The molecule has 2 rings (SSSR count). The van der Waals surface area contributed by atoms with Crippen molar-refractivity contribution in [2.75, 3.05) is 6.61 Å². The Bertz CT molecular complexity index is 440. The molecule has 0 saturated heterocycles. The summed E-state index contributed by atoms with van der Waals surface area (Å²) in [5, 5.41) is 1.96. The summed E-state index contributed by atoms with van der Waals surface area (Å²) in [5.74, 6) is 0. The molecule has 2 aromatic carbocycles. The topological polar surface area (TPSA) is 12.5 Å². The normalized spacial score (nSPS) is 10.6. The molecule has 0 heterocycles. The molecule has 0 radical (unpaired) electrons. The van der Waals surface area contributed by atoms with Crippen LogP contribution in [0.2, 0.25) is 0 Å². The molecular weight excluding hydrogens is 234 g/mol. The lowest BCUT2D eigenvalue weighted by atomic mass is 10.2. The smallest absolute Gasteiger partial charge is 0.0864 e. The third kappa shape index (κ3) is 4.70. The highest BCUT2D eigenvalue weighted by molar-refractivity contribution is 5.16. The summed E-state index contributed by atoms with van der Waals surface area (Å²) in [6.07, 6.45) is 1.77. The first-order valence-electron chi connectivity index (χ1n) is 6.45. The predicted octanol–water partition coefficient (Wildman–Crippen LogP) is 3.81. The lowest BCUT2D eigenvalue weighted by molar-refractivity contribution is -0.163. The van der Waals surface area contributed by atoms with Gasteiger partial charge < -0.3 is 0 Å². The highest BCUT2D eigenvalue weighted by Crippen LogP contribution is 2.10. The van der Waals surface area contributed by atoms with Crippen LogP contribution in [0.1, 0.15) is 11.1 Å². The van der Waals surface area contributed by atoms with Crippen LogP contribution in [0, 0.1) is 0 Å². The molecule has 0 aromatic heterocycles. The Balaban J connectivity index is 2.01. The summed E-state index contributed by atoms with van der Waals surface area (Å²) in [7, 11) is 0. The Hall–Kier alpha value is -1.90. The molecule has 0 aliphatic rings. The van der Waals surface area contributed by atoms with Gasteiger partial charge in [0.25, 0.3) is 0 Å². The van der Waals surface area contributed by atoms with Crippen LogP contribution < -0.4 is 0 Å². The molecule has 0 aliphatic heterocycles. The standard InChI is InChI=1S/C17H19NO/c1-2-13-19-18(14-16-9-5-3-6-10-16)15-17-11-7-4-8-12-17/h2-12H,1,13-15H2. The molecule has 0 bridgehead atoms. The quantitative estimate of drug-likeness (QED) is 0.549. The van der Waals surface area contributed by atoms with Crippen molar-refractivity contribution in [2.24, 2.45) is 0 Å². The van der Waals surface area contributed by atoms with E-state index >= 15 is 0 Å². The minimum absolute atomic E-state index is 0.527. The van der Waals surface area contributed by atoms with Gasteiger partial charge in [0.1, 0.15) is 0 Å². The molecule has 2 nitrogen and oxygen atoms in total. The van der Waals surface area contributed by atoms with E-state index < -0.39 is 0 Å². The van der Waals surface area contributed by atoms with Crippen molar-refractivity contribution in [3.63, 3.8) is 0 Å². The molecule has 98 valence electrons. The molecule has 0 fully saturated rings. The van der Waals surface area contributed by atoms with E-state index in [0.29, 0.717) is 6.61 Å². The van der Waals surface area contributed by atoms with Gasteiger partial charge in [-0.3, -0.25) is 4.84 Å². The fourth-order valence-corrected chi connectivity index (χ4v) is 1.88. The van der Waals surface area contributed by atoms with Crippen LogP contribution in [-0.2, 0) is 17.9 Å². The van der Waals surface area contributed by atoms with Crippen molar-refractivity contribution in [2.45, 2.75) is 13.1 Å². The fourth-order valence-electron chi connectivity index (χ4n) is 1.88. The van der Waals surface area contributed by atoms with Crippen molar-refractivity contribution >= 4 is 0 Å². The summed E-state index contributed by atoms with van der Waals surface area (Å²) in [4.78, 5) is 5.71. The van der Waals surface area contributed by atoms with E-state index in [1.165, 1.54) is 11.1 Å². The van der Waals surface area contributed by atoms with Gasteiger partial charge in [-0.25, -0.2) is 0 Å². The minimum Gasteiger partial charge on any atom is -0.294 e. The van der Waals surface area contributed by atoms with Crippen molar-refractivity contribution < 1.29 is 4.84 Å². The van der Waals surface area contributed by atoms with Crippen LogP contribution in [-0.4, -0.2) is 11.7 Å². The lowest BCUT2D eigenvalue weighted by Crippen LogP contribution is -2.23. The molecule has 2 aromatic rings. The first-order chi connectivity index (χ1) is 9.38. The first kappa shape index (κ1) is 13.5. The molecule has 0 amide bonds. The van der Waals surface area contributed by atoms with Crippen LogP contribution in [0.25, 0.3) is 0 Å². The summed E-state index contributed by atoms with van der Waals surface area (Å²) in [6, 6.07) is 20.7. The molecule has 0 saturated carbocycles. The maximum Gasteiger partial charge on any atom is 0.0864 e. The molecule has 0 spiro atoms. The van der Waals surface area contributed by atoms with Crippen molar-refractivity contribution in [3.05, 3.63) is 84.4 Å². The molecule has 0 aliphatic carbocycles. The molecule has 0 N–H and O–H groups in total. The van der Waals surface area contributed by atoms with E-state index in [9.17, 15) is 0 Å². The van der Waals surface area contributed by atoms with E-state index in [1.807, 2.05) is 41.5 Å². The van der Waals surface area contributed by atoms with Gasteiger partial charge >= 0.3 is 0 Å². The molecule has 0 atom stereocenters. The second-order valence-electron chi connectivity index (χ2n) is 4.35. The number of hydroxylamine groups is 2. The van der Waals surface area contributed by atoms with Crippen molar-refractivity contribution in [3.8, 4) is 0 Å². The number of nitrogens with zero attached hydrogens (tertiary/aromatic N) is 1. The van der Waals surface area contributed by atoms with Crippen LogP contribution in [0.3, 0.4) is 0 Å². The lowest BCUT2D eigenvalue weighted by Gasteiger charge is -2.21. The summed E-state index contributed by atoms with van der Waals surface area (Å²) in [6.45, 7) is 5.76. The van der Waals surface area contributed by atoms with Gasteiger partial charge in [-0.1, -0.05) is 66.7 Å². The van der Waals surface area contributed by atoms with E-state index in [2.05, 4.69) is 30.8 Å². The second-order valence-corrected chi connectivity index (χ2v) is 4.35. The highest BCUT2D eigenvalue weighted by Gasteiger charge is 2.06. The maximum absolute atomic E-state index is 5.71. The van der Waals surface area contributed by atoms with Crippen molar-refractivity contribution in [1.82, 2.24) is 5.06 Å². The van der Waals surface area contributed by atoms with Crippen LogP contribution in [0.4, 0.5) is 0 Å². The number of benzene rings is 2. The predicted molar refractivity (Wildman–Crippen MR) is 78.3 cm³/mol. The molecule has 0 unspecified atom stereocenters. The zero-order valence-corrected chi connectivity index (χ0v) is 11.0. The van der Waals surface area contributed by atoms with Gasteiger partial charge in [0.05, 0.1) is 6.61 Å². The van der Waals surface area contributed by atoms with Gasteiger partial charge in [-0.05, 0) is 11.1 Å². The summed E-state index contributed by atoms with van der Waals surface area (Å²) in [5.41, 5.74) is 2.48. The van der Waals surface area contributed by atoms with Crippen LogP contribution in [0.15, 0.2) is 73.3 Å². The van der Waals surface area contributed by atoms with Crippen molar-refractivity contribution in [1.29, 1.82) is 0 Å². The third-order valence-corrected chi connectivity index (χ3v) is 2.78. The molecule has 19 heavy (non-hydrogen) atoms. The van der Waals surface area contributed by atoms with E-state index in [0.717, 1.165) is 13.1 Å². The highest BCUT2D eigenvalue weighted by atomic mass is 16.7. The number of rotatable bonds is 7.